The smallest absolute Gasteiger partial charge is 0.408 e. The molecule has 1 atom stereocenters. The standard InChI is InChI=1S/C19H21FN4O3S/c1-5-12(23-18(26)27-19(2,3)4)16-22-13-8-14(28-15(13)17(25)24-16)10-6-7-21-9-11(10)20/h6-9,12H,5H2,1-4H3,(H,23,26)(H,22,24,25)/t12-/m0/s1. The lowest BCUT2D eigenvalue weighted by Gasteiger charge is -2.22. The van der Waals surface area contributed by atoms with Gasteiger partial charge in [0.05, 0.1) is 17.8 Å². The van der Waals surface area contributed by atoms with Gasteiger partial charge in [0.15, 0.2) is 0 Å². The largest absolute Gasteiger partial charge is 0.444 e. The molecule has 1 amide bonds. The minimum atomic E-state index is -0.635. The van der Waals surface area contributed by atoms with Crippen LogP contribution in [0.2, 0.25) is 0 Å². The van der Waals surface area contributed by atoms with Crippen LogP contribution in [0.1, 0.15) is 46.0 Å². The van der Waals surface area contributed by atoms with E-state index in [0.29, 0.717) is 32.9 Å². The molecule has 0 bridgehead atoms. The van der Waals surface area contributed by atoms with Gasteiger partial charge in [-0.05, 0) is 39.3 Å². The number of carbonyl (C=O) groups excluding carboxylic acids is 1. The molecule has 3 heterocycles. The summed E-state index contributed by atoms with van der Waals surface area (Å²) in [6.45, 7) is 7.16. The zero-order chi connectivity index (χ0) is 20.5. The molecule has 0 saturated carbocycles. The predicted molar refractivity (Wildman–Crippen MR) is 106 cm³/mol. The lowest BCUT2D eigenvalue weighted by atomic mass is 10.2. The number of aromatic amines is 1. The third-order valence-corrected chi connectivity index (χ3v) is 5.02. The molecule has 0 aliphatic heterocycles. The second-order valence-corrected chi connectivity index (χ2v) is 8.29. The van der Waals surface area contributed by atoms with Gasteiger partial charge in [-0.1, -0.05) is 6.92 Å². The number of hydrogen-bond donors (Lipinski definition) is 2. The minimum Gasteiger partial charge on any atom is -0.444 e. The number of thiophene rings is 1. The molecule has 0 radical (unpaired) electrons. The number of amides is 1. The Hall–Kier alpha value is -2.81. The molecule has 0 aromatic carbocycles. The van der Waals surface area contributed by atoms with Gasteiger partial charge in [-0.2, -0.15) is 0 Å². The number of H-pyrrole nitrogens is 1. The second-order valence-electron chi connectivity index (χ2n) is 7.24. The average molecular weight is 404 g/mol. The summed E-state index contributed by atoms with van der Waals surface area (Å²) in [5, 5.41) is 2.72. The van der Waals surface area contributed by atoms with Crippen LogP contribution in [-0.2, 0) is 4.74 Å². The van der Waals surface area contributed by atoms with Crippen LogP contribution in [-0.4, -0.2) is 26.6 Å². The van der Waals surface area contributed by atoms with E-state index in [-0.39, 0.29) is 5.56 Å². The molecule has 0 fully saturated rings. The van der Waals surface area contributed by atoms with Crippen molar-refractivity contribution < 1.29 is 13.9 Å². The Morgan fingerprint density at radius 2 is 2.18 bits per heavy atom. The Bertz CT molecular complexity index is 1070. The van der Waals surface area contributed by atoms with Crippen LogP contribution in [0.5, 0.6) is 0 Å². The quantitative estimate of drug-likeness (QED) is 0.680. The summed E-state index contributed by atoms with van der Waals surface area (Å²) >= 11 is 1.15. The lowest BCUT2D eigenvalue weighted by molar-refractivity contribution is 0.0499. The van der Waals surface area contributed by atoms with Crippen molar-refractivity contribution in [1.82, 2.24) is 20.3 Å². The molecule has 0 aliphatic rings. The number of halogens is 1. The normalized spacial score (nSPS) is 12.8. The molecule has 148 valence electrons. The summed E-state index contributed by atoms with van der Waals surface area (Å²) < 4.78 is 19.7. The zero-order valence-electron chi connectivity index (χ0n) is 16.0. The molecule has 0 spiro atoms. The highest BCUT2D eigenvalue weighted by Crippen LogP contribution is 2.32. The number of aromatic nitrogens is 3. The predicted octanol–water partition coefficient (Wildman–Crippen LogP) is 4.16. The molecule has 28 heavy (non-hydrogen) atoms. The first-order valence-corrected chi connectivity index (χ1v) is 9.62. The zero-order valence-corrected chi connectivity index (χ0v) is 16.8. The van der Waals surface area contributed by atoms with E-state index in [1.807, 2.05) is 6.92 Å². The molecule has 2 N–H and O–H groups in total. The van der Waals surface area contributed by atoms with Gasteiger partial charge in [0.2, 0.25) is 0 Å². The Kier molecular flexibility index (Phi) is 5.46. The lowest BCUT2D eigenvalue weighted by Crippen LogP contribution is -2.36. The summed E-state index contributed by atoms with van der Waals surface area (Å²) in [6, 6.07) is 2.69. The van der Waals surface area contributed by atoms with Crippen molar-refractivity contribution in [2.24, 2.45) is 0 Å². The number of hydrogen-bond acceptors (Lipinski definition) is 6. The average Bonchev–Trinajstić information content (AvgIpc) is 3.03. The molecule has 0 unspecified atom stereocenters. The summed E-state index contributed by atoms with van der Waals surface area (Å²) in [5.41, 5.74) is -0.170. The molecular formula is C19H21FN4O3S. The van der Waals surface area contributed by atoms with Gasteiger partial charge in [-0.3, -0.25) is 9.78 Å². The third kappa shape index (κ3) is 4.36. The SMILES string of the molecule is CC[C@H](NC(=O)OC(C)(C)C)c1nc2cc(-c3ccncc3F)sc2c(=O)[nH]1. The van der Waals surface area contributed by atoms with Gasteiger partial charge in [-0.25, -0.2) is 14.2 Å². The van der Waals surface area contributed by atoms with Gasteiger partial charge < -0.3 is 15.0 Å². The van der Waals surface area contributed by atoms with Crippen molar-refractivity contribution in [3.8, 4) is 10.4 Å². The molecule has 3 aromatic heterocycles. The van der Waals surface area contributed by atoms with Gasteiger partial charge in [0.1, 0.15) is 21.9 Å². The van der Waals surface area contributed by atoms with Crippen molar-refractivity contribution in [3.63, 3.8) is 0 Å². The molecule has 0 aliphatic carbocycles. The molecule has 3 rings (SSSR count). The summed E-state index contributed by atoms with van der Waals surface area (Å²) in [6.07, 6.45) is 2.53. The Balaban J connectivity index is 1.95. The van der Waals surface area contributed by atoms with Gasteiger partial charge in [0, 0.05) is 16.6 Å². The van der Waals surface area contributed by atoms with E-state index in [1.54, 1.807) is 32.9 Å². The number of carbonyl (C=O) groups is 1. The van der Waals surface area contributed by atoms with E-state index in [0.717, 1.165) is 17.5 Å². The van der Waals surface area contributed by atoms with Crippen LogP contribution in [0.25, 0.3) is 20.7 Å². The maximum Gasteiger partial charge on any atom is 0.408 e. The summed E-state index contributed by atoms with van der Waals surface area (Å²) in [4.78, 5) is 36.1. The third-order valence-electron chi connectivity index (χ3n) is 3.87. The first kappa shape index (κ1) is 19.9. The molecule has 9 heteroatoms. The number of rotatable bonds is 4. The van der Waals surface area contributed by atoms with Crippen LogP contribution in [0, 0.1) is 5.82 Å². The maximum absolute atomic E-state index is 14.0. The fourth-order valence-corrected chi connectivity index (χ4v) is 3.66. The van der Waals surface area contributed by atoms with Gasteiger partial charge in [-0.15, -0.1) is 11.3 Å². The molecular weight excluding hydrogens is 383 g/mol. The Morgan fingerprint density at radius 1 is 1.43 bits per heavy atom. The number of ether oxygens (including phenoxy) is 1. The van der Waals surface area contributed by atoms with Gasteiger partial charge in [0.25, 0.3) is 5.56 Å². The monoisotopic (exact) mass is 404 g/mol. The van der Waals surface area contributed by atoms with Crippen molar-refractivity contribution in [3.05, 3.63) is 46.5 Å². The molecule has 3 aromatic rings. The first-order chi connectivity index (χ1) is 13.2. The van der Waals surface area contributed by atoms with E-state index in [1.165, 1.54) is 6.20 Å². The van der Waals surface area contributed by atoms with Crippen molar-refractivity contribution >= 4 is 27.6 Å². The topological polar surface area (TPSA) is 97.0 Å². The van der Waals surface area contributed by atoms with E-state index in [4.69, 9.17) is 4.74 Å². The highest BCUT2D eigenvalue weighted by Gasteiger charge is 2.22. The second kappa shape index (κ2) is 7.67. The fourth-order valence-electron chi connectivity index (χ4n) is 2.64. The van der Waals surface area contributed by atoms with Crippen LogP contribution < -0.4 is 10.9 Å². The van der Waals surface area contributed by atoms with Crippen molar-refractivity contribution in [2.75, 3.05) is 0 Å². The van der Waals surface area contributed by atoms with Crippen molar-refractivity contribution in [1.29, 1.82) is 0 Å². The van der Waals surface area contributed by atoms with Crippen molar-refractivity contribution in [2.45, 2.75) is 45.8 Å². The van der Waals surface area contributed by atoms with Crippen LogP contribution in [0.15, 0.2) is 29.3 Å². The summed E-state index contributed by atoms with van der Waals surface area (Å²) in [5.74, 6) is -0.144. The number of nitrogens with one attached hydrogen (secondary N) is 2. The fraction of sp³-hybridized carbons (Fsp3) is 0.368. The van der Waals surface area contributed by atoms with Gasteiger partial charge >= 0.3 is 6.09 Å². The first-order valence-electron chi connectivity index (χ1n) is 8.81. The molecule has 0 saturated heterocycles. The van der Waals surface area contributed by atoms with Crippen LogP contribution in [0.4, 0.5) is 9.18 Å². The number of alkyl carbamates (subject to hydrolysis) is 1. The van der Waals surface area contributed by atoms with E-state index in [2.05, 4.69) is 20.3 Å². The number of pyridine rings is 1. The van der Waals surface area contributed by atoms with Crippen LogP contribution in [0.3, 0.4) is 0 Å². The Morgan fingerprint density at radius 3 is 2.82 bits per heavy atom. The summed E-state index contributed by atoms with van der Waals surface area (Å²) in [7, 11) is 0. The van der Waals surface area contributed by atoms with Crippen LogP contribution >= 0.6 is 11.3 Å². The van der Waals surface area contributed by atoms with E-state index in [9.17, 15) is 14.0 Å². The highest BCUT2D eigenvalue weighted by molar-refractivity contribution is 7.22. The Labute approximate surface area is 165 Å². The van der Waals surface area contributed by atoms with E-state index >= 15 is 0 Å². The highest BCUT2D eigenvalue weighted by atomic mass is 32.1. The number of nitrogens with zero attached hydrogens (tertiary/aromatic N) is 2. The van der Waals surface area contributed by atoms with E-state index < -0.39 is 23.6 Å². The maximum atomic E-state index is 14.0. The number of fused-ring (bicyclic) bond motifs is 1. The molecule has 7 nitrogen and oxygen atoms in total. The minimum absolute atomic E-state index is 0.324.